The first-order valence-electron chi connectivity index (χ1n) is 16.3. The summed E-state index contributed by atoms with van der Waals surface area (Å²) in [4.78, 5) is 19.1. The summed E-state index contributed by atoms with van der Waals surface area (Å²) in [6, 6.07) is 28.7. The lowest BCUT2D eigenvalue weighted by Crippen LogP contribution is -2.43. The third kappa shape index (κ3) is 7.98. The predicted octanol–water partition coefficient (Wildman–Crippen LogP) is 7.15. The molecule has 46 heavy (non-hydrogen) atoms. The number of aromatic nitrogens is 1. The van der Waals surface area contributed by atoms with Gasteiger partial charge in [0.25, 0.3) is 5.91 Å². The molecule has 0 spiro atoms. The molecule has 0 bridgehead atoms. The molecule has 6 rings (SSSR count). The lowest BCUT2D eigenvalue weighted by molar-refractivity contribution is -0.253. The zero-order chi connectivity index (χ0) is 31.7. The lowest BCUT2D eigenvalue weighted by atomic mass is 9.98. The largest absolute Gasteiger partial charge is 0.392 e. The predicted molar refractivity (Wildman–Crippen MR) is 180 cm³/mol. The molecular formula is C39H43N3O4. The van der Waals surface area contributed by atoms with Crippen LogP contribution in [0.4, 0.5) is 0 Å². The Hall–Kier alpha value is -4.14. The molecule has 0 radical (unpaired) electrons. The Morgan fingerprint density at radius 3 is 2.46 bits per heavy atom. The molecule has 2 fully saturated rings. The summed E-state index contributed by atoms with van der Waals surface area (Å²) in [6.45, 7) is 6.14. The van der Waals surface area contributed by atoms with Crippen LogP contribution in [-0.4, -0.2) is 46.1 Å². The summed E-state index contributed by atoms with van der Waals surface area (Å²) < 4.78 is 13.4. The maximum atomic E-state index is 12.6. The Kier molecular flexibility index (Phi) is 10.7. The van der Waals surface area contributed by atoms with Gasteiger partial charge in [-0.3, -0.25) is 14.7 Å². The minimum Gasteiger partial charge on any atom is -0.392 e. The molecule has 2 heterocycles. The van der Waals surface area contributed by atoms with Crippen molar-refractivity contribution in [3.63, 3.8) is 0 Å². The quantitative estimate of drug-likeness (QED) is 0.164. The second kappa shape index (κ2) is 15.4. The molecule has 3 aromatic carbocycles. The van der Waals surface area contributed by atoms with E-state index in [1.807, 2.05) is 36.4 Å². The number of hydrogen-bond donors (Lipinski definition) is 2. The maximum Gasteiger partial charge on any atom is 0.253 e. The molecule has 4 aromatic rings. The summed E-state index contributed by atoms with van der Waals surface area (Å²) in [6.07, 6.45) is 10.3. The number of rotatable bonds is 12. The van der Waals surface area contributed by atoms with Crippen molar-refractivity contribution in [2.75, 3.05) is 13.1 Å². The summed E-state index contributed by atoms with van der Waals surface area (Å²) in [7, 11) is 0. The highest BCUT2D eigenvalue weighted by molar-refractivity contribution is 5.93. The third-order valence-electron chi connectivity index (χ3n) is 9.05. The molecule has 2 aliphatic rings. The van der Waals surface area contributed by atoms with Gasteiger partial charge in [-0.05, 0) is 64.9 Å². The van der Waals surface area contributed by atoms with E-state index >= 15 is 0 Å². The number of ether oxygens (including phenoxy) is 2. The molecule has 3 atom stereocenters. The number of carbonyl (C=O) groups is 1. The highest BCUT2D eigenvalue weighted by Gasteiger charge is 2.34. The van der Waals surface area contributed by atoms with E-state index in [1.54, 1.807) is 24.5 Å². The zero-order valence-corrected chi connectivity index (χ0v) is 26.3. The van der Waals surface area contributed by atoms with Gasteiger partial charge in [-0.25, -0.2) is 0 Å². The van der Waals surface area contributed by atoms with E-state index in [9.17, 15) is 9.90 Å². The number of nitrogens with zero attached hydrogens (tertiary/aromatic N) is 2. The average molecular weight is 618 g/mol. The first-order valence-corrected chi connectivity index (χ1v) is 16.3. The Labute approximate surface area is 271 Å². The van der Waals surface area contributed by atoms with Gasteiger partial charge >= 0.3 is 0 Å². The molecule has 1 saturated carbocycles. The normalized spacial score (nSPS) is 20.1. The van der Waals surface area contributed by atoms with E-state index in [0.717, 1.165) is 52.9 Å². The van der Waals surface area contributed by atoms with Gasteiger partial charge in [0.2, 0.25) is 0 Å². The van der Waals surface area contributed by atoms with Gasteiger partial charge in [-0.1, -0.05) is 79.6 Å². The van der Waals surface area contributed by atoms with Gasteiger partial charge in [0.05, 0.1) is 24.4 Å². The van der Waals surface area contributed by atoms with Crippen LogP contribution >= 0.6 is 0 Å². The van der Waals surface area contributed by atoms with Crippen molar-refractivity contribution in [2.24, 2.45) is 0 Å². The average Bonchev–Trinajstić information content (AvgIpc) is 3.66. The van der Waals surface area contributed by atoms with Crippen LogP contribution in [0.1, 0.15) is 77.1 Å². The summed E-state index contributed by atoms with van der Waals surface area (Å²) >= 11 is 0. The van der Waals surface area contributed by atoms with Gasteiger partial charge in [0.15, 0.2) is 6.29 Å². The highest BCUT2D eigenvalue weighted by Crippen LogP contribution is 2.39. The molecule has 7 heteroatoms. The zero-order valence-electron chi connectivity index (χ0n) is 26.3. The van der Waals surface area contributed by atoms with Crippen LogP contribution in [0.25, 0.3) is 11.1 Å². The SMILES string of the molecule is C=CCN(C[C@@H]1C[C@H](c2ccc(CO)cc2)O[C@H](c2cccc(-c3cccc(CNC(=O)c4cccnc4)c3)c2)O1)C1CCCC1. The second-order valence-electron chi connectivity index (χ2n) is 12.3. The number of aliphatic hydroxyl groups is 1. The van der Waals surface area contributed by atoms with Gasteiger partial charge in [0.1, 0.15) is 0 Å². The minimum absolute atomic E-state index is 0.0165. The topological polar surface area (TPSA) is 83.9 Å². The van der Waals surface area contributed by atoms with Crippen molar-refractivity contribution < 1.29 is 19.4 Å². The minimum atomic E-state index is -0.530. The van der Waals surface area contributed by atoms with E-state index in [2.05, 4.69) is 64.2 Å². The molecule has 0 unspecified atom stereocenters. The molecule has 1 saturated heterocycles. The van der Waals surface area contributed by atoms with Crippen LogP contribution < -0.4 is 5.32 Å². The molecule has 2 N–H and O–H groups in total. The van der Waals surface area contributed by atoms with E-state index in [0.29, 0.717) is 18.2 Å². The van der Waals surface area contributed by atoms with Gasteiger partial charge in [-0.15, -0.1) is 6.58 Å². The van der Waals surface area contributed by atoms with Gasteiger partial charge in [-0.2, -0.15) is 0 Å². The summed E-state index contributed by atoms with van der Waals surface area (Å²) in [5, 5.41) is 12.6. The lowest BCUT2D eigenvalue weighted by Gasteiger charge is -2.39. The molecule has 1 amide bonds. The van der Waals surface area contributed by atoms with E-state index in [4.69, 9.17) is 9.47 Å². The second-order valence-corrected chi connectivity index (χ2v) is 12.3. The Morgan fingerprint density at radius 1 is 0.935 bits per heavy atom. The van der Waals surface area contributed by atoms with Crippen LogP contribution in [0, 0.1) is 0 Å². The summed E-state index contributed by atoms with van der Waals surface area (Å²) in [5.41, 5.74) is 6.58. The highest BCUT2D eigenvalue weighted by atomic mass is 16.7. The van der Waals surface area contributed by atoms with E-state index < -0.39 is 6.29 Å². The van der Waals surface area contributed by atoms with Crippen molar-refractivity contribution in [1.82, 2.24) is 15.2 Å². The number of nitrogens with one attached hydrogen (secondary N) is 1. The van der Waals surface area contributed by atoms with Crippen molar-refractivity contribution in [3.8, 4) is 11.1 Å². The van der Waals surface area contributed by atoms with Crippen LogP contribution in [0.3, 0.4) is 0 Å². The monoisotopic (exact) mass is 617 g/mol. The number of hydrogen-bond acceptors (Lipinski definition) is 6. The maximum absolute atomic E-state index is 12.6. The first-order chi connectivity index (χ1) is 22.6. The van der Waals surface area contributed by atoms with Gasteiger partial charge < -0.3 is 19.9 Å². The molecule has 1 aliphatic carbocycles. The summed E-state index contributed by atoms with van der Waals surface area (Å²) in [5.74, 6) is -0.151. The first kappa shape index (κ1) is 31.8. The molecule has 238 valence electrons. The number of amides is 1. The standard InChI is InChI=1S/C39H43N3O4/c1-2-20-42(35-13-3-4-14-35)26-36-23-37(30-17-15-28(27-43)16-18-30)46-39(45-36)33-11-6-10-32(22-33)31-9-5-8-29(21-31)24-41-38(44)34-12-7-19-40-25-34/h2,5-12,15-19,21-22,25,35-37,39,43H,1,3-4,13-14,20,23-24,26-27H2,(H,41,44)/t36-,37+,39+/m0/s1. The van der Waals surface area contributed by atoms with Crippen molar-refractivity contribution in [3.05, 3.63) is 138 Å². The molecule has 7 nitrogen and oxygen atoms in total. The Balaban J connectivity index is 1.21. The van der Waals surface area contributed by atoms with Crippen molar-refractivity contribution in [2.45, 2.75) is 69.8 Å². The molecular weight excluding hydrogens is 574 g/mol. The fourth-order valence-electron chi connectivity index (χ4n) is 6.61. The number of benzene rings is 3. The fraction of sp³-hybridized carbons (Fsp3) is 0.333. The smallest absolute Gasteiger partial charge is 0.253 e. The van der Waals surface area contributed by atoms with Crippen molar-refractivity contribution in [1.29, 1.82) is 0 Å². The molecule has 1 aliphatic heterocycles. The van der Waals surface area contributed by atoms with Gasteiger partial charge in [0, 0.05) is 50.1 Å². The van der Waals surface area contributed by atoms with Crippen molar-refractivity contribution >= 4 is 5.91 Å². The fourth-order valence-corrected chi connectivity index (χ4v) is 6.61. The van der Waals surface area contributed by atoms with E-state index in [1.165, 1.54) is 25.7 Å². The third-order valence-corrected chi connectivity index (χ3v) is 9.05. The van der Waals surface area contributed by atoms with Crippen LogP contribution in [-0.2, 0) is 22.6 Å². The number of pyridine rings is 1. The molecule has 1 aromatic heterocycles. The number of aliphatic hydroxyl groups excluding tert-OH is 1. The van der Waals surface area contributed by atoms with Crippen LogP contribution in [0.15, 0.2) is 110 Å². The van der Waals surface area contributed by atoms with E-state index in [-0.39, 0.29) is 24.7 Å². The Bertz CT molecular complexity index is 1590. The van der Waals surface area contributed by atoms with Crippen LogP contribution in [0.5, 0.6) is 0 Å². The Morgan fingerprint density at radius 2 is 1.72 bits per heavy atom. The number of carbonyl (C=O) groups excluding carboxylic acids is 1. The van der Waals surface area contributed by atoms with Crippen LogP contribution in [0.2, 0.25) is 0 Å².